The van der Waals surface area contributed by atoms with Crippen LogP contribution in [-0.4, -0.2) is 9.55 Å². The number of aromatic nitrogens is 2. The van der Waals surface area contributed by atoms with Crippen molar-refractivity contribution < 1.29 is 0 Å². The van der Waals surface area contributed by atoms with E-state index in [0.717, 1.165) is 16.6 Å². The number of aryl methyl sites for hydroxylation is 1. The summed E-state index contributed by atoms with van der Waals surface area (Å²) in [5, 5.41) is 2.53. The number of benzene rings is 1. The smallest absolute Gasteiger partial charge is 0.271 e. The maximum absolute atomic E-state index is 12.4. The number of fused-ring (bicyclic) bond motifs is 1. The quantitative estimate of drug-likeness (QED) is 0.740. The van der Waals surface area contributed by atoms with Crippen molar-refractivity contribution in [1.29, 1.82) is 0 Å². The second-order valence-corrected chi connectivity index (χ2v) is 5.91. The summed E-state index contributed by atoms with van der Waals surface area (Å²) in [5.41, 5.74) is 8.93. The highest BCUT2D eigenvalue weighted by Gasteiger charge is 2.10. The van der Waals surface area contributed by atoms with E-state index in [0.29, 0.717) is 22.0 Å². The predicted octanol–water partition coefficient (Wildman–Crippen LogP) is 3.05. The summed E-state index contributed by atoms with van der Waals surface area (Å²) in [6.07, 6.45) is 1.56. The molecule has 0 fully saturated rings. The summed E-state index contributed by atoms with van der Waals surface area (Å²) in [4.78, 5) is 16.8. The van der Waals surface area contributed by atoms with Gasteiger partial charge in [-0.05, 0) is 41.6 Å². The minimum atomic E-state index is -0.0495. The van der Waals surface area contributed by atoms with Crippen molar-refractivity contribution in [2.75, 3.05) is 5.73 Å². The first kappa shape index (κ1) is 13.1. The summed E-state index contributed by atoms with van der Waals surface area (Å²) in [7, 11) is 0. The fourth-order valence-electron chi connectivity index (χ4n) is 2.07. The van der Waals surface area contributed by atoms with Crippen LogP contribution in [0, 0.1) is 6.92 Å². The van der Waals surface area contributed by atoms with Gasteiger partial charge in [0.25, 0.3) is 5.56 Å². The van der Waals surface area contributed by atoms with Crippen LogP contribution in [0.3, 0.4) is 0 Å². The van der Waals surface area contributed by atoms with E-state index >= 15 is 0 Å². The average molecular weight is 306 g/mol. The van der Waals surface area contributed by atoms with Gasteiger partial charge in [0, 0.05) is 10.7 Å². The van der Waals surface area contributed by atoms with Crippen LogP contribution in [0.2, 0.25) is 5.02 Å². The molecule has 0 aliphatic carbocycles. The van der Waals surface area contributed by atoms with E-state index < -0.39 is 0 Å². The molecule has 4 nitrogen and oxygen atoms in total. The van der Waals surface area contributed by atoms with Crippen LogP contribution in [0.1, 0.15) is 11.1 Å². The molecule has 0 radical (unpaired) electrons. The Balaban J connectivity index is 2.09. The molecule has 0 unspecified atom stereocenters. The van der Waals surface area contributed by atoms with Crippen LogP contribution in [0.5, 0.6) is 0 Å². The van der Waals surface area contributed by atoms with Crippen LogP contribution >= 0.6 is 22.9 Å². The molecular formula is C14H12ClN3OS. The zero-order valence-corrected chi connectivity index (χ0v) is 12.3. The fraction of sp³-hybridized carbons (Fsp3) is 0.143. The van der Waals surface area contributed by atoms with E-state index in [4.69, 9.17) is 17.3 Å². The van der Waals surface area contributed by atoms with E-state index in [-0.39, 0.29) is 5.56 Å². The van der Waals surface area contributed by atoms with E-state index in [1.807, 2.05) is 12.3 Å². The van der Waals surface area contributed by atoms with E-state index in [2.05, 4.69) is 4.98 Å². The van der Waals surface area contributed by atoms with Crippen LogP contribution < -0.4 is 11.3 Å². The molecule has 0 atom stereocenters. The number of rotatable bonds is 2. The highest BCUT2D eigenvalue weighted by Crippen LogP contribution is 2.21. The van der Waals surface area contributed by atoms with Crippen molar-refractivity contribution in [3.63, 3.8) is 0 Å². The van der Waals surface area contributed by atoms with Gasteiger partial charge in [0.15, 0.2) is 0 Å². The minimum absolute atomic E-state index is 0.0495. The summed E-state index contributed by atoms with van der Waals surface area (Å²) in [6, 6.07) is 5.25. The molecule has 0 spiro atoms. The molecule has 2 heterocycles. The van der Waals surface area contributed by atoms with Gasteiger partial charge >= 0.3 is 0 Å². The van der Waals surface area contributed by atoms with Crippen molar-refractivity contribution in [3.8, 4) is 0 Å². The van der Waals surface area contributed by atoms with Crippen LogP contribution in [0.25, 0.3) is 10.2 Å². The molecule has 0 amide bonds. The average Bonchev–Trinajstić information content (AvgIpc) is 2.79. The number of nitrogens with zero attached hydrogens (tertiary/aromatic N) is 2. The lowest BCUT2D eigenvalue weighted by Gasteiger charge is -2.08. The molecule has 3 rings (SSSR count). The topological polar surface area (TPSA) is 60.9 Å². The summed E-state index contributed by atoms with van der Waals surface area (Å²) in [6.45, 7) is 2.31. The van der Waals surface area contributed by atoms with Crippen LogP contribution in [-0.2, 0) is 6.54 Å². The summed E-state index contributed by atoms with van der Waals surface area (Å²) in [5.74, 6) is 0. The highest BCUT2D eigenvalue weighted by molar-refractivity contribution is 7.17. The van der Waals surface area contributed by atoms with Gasteiger partial charge in [0.1, 0.15) is 4.70 Å². The third kappa shape index (κ3) is 2.19. The Morgan fingerprint density at radius 2 is 2.25 bits per heavy atom. The van der Waals surface area contributed by atoms with Crippen molar-refractivity contribution in [2.24, 2.45) is 0 Å². The third-order valence-electron chi connectivity index (χ3n) is 3.13. The van der Waals surface area contributed by atoms with E-state index in [9.17, 15) is 4.79 Å². The number of nitrogens with two attached hydrogens (primary N) is 1. The van der Waals surface area contributed by atoms with Crippen molar-refractivity contribution in [1.82, 2.24) is 9.55 Å². The number of nitrogen functional groups attached to an aromatic ring is 1. The van der Waals surface area contributed by atoms with Crippen LogP contribution in [0.15, 0.2) is 34.7 Å². The van der Waals surface area contributed by atoms with E-state index in [1.165, 1.54) is 11.3 Å². The molecule has 2 aromatic heterocycles. The molecule has 2 N–H and O–H groups in total. The molecule has 0 aliphatic heterocycles. The molecule has 0 saturated carbocycles. The highest BCUT2D eigenvalue weighted by atomic mass is 35.5. The van der Waals surface area contributed by atoms with Gasteiger partial charge < -0.3 is 5.73 Å². The van der Waals surface area contributed by atoms with Crippen molar-refractivity contribution in [2.45, 2.75) is 13.5 Å². The van der Waals surface area contributed by atoms with Gasteiger partial charge in [0.2, 0.25) is 0 Å². The first-order valence-corrected chi connectivity index (χ1v) is 7.29. The Bertz CT molecular complexity index is 853. The van der Waals surface area contributed by atoms with Crippen molar-refractivity contribution in [3.05, 3.63) is 56.4 Å². The second-order valence-electron chi connectivity index (χ2n) is 4.62. The Morgan fingerprint density at radius 1 is 1.45 bits per heavy atom. The van der Waals surface area contributed by atoms with E-state index in [1.54, 1.807) is 29.1 Å². The standard InChI is InChI=1S/C14H12ClN3OS/c1-8-6-20-13-12(8)17-7-18(14(13)19)5-9-4-10(16)2-3-11(9)15/h2-4,6-7H,5,16H2,1H3. The van der Waals surface area contributed by atoms with Gasteiger partial charge in [-0.25, -0.2) is 4.98 Å². The SMILES string of the molecule is Cc1csc2c(=O)n(Cc3cc(N)ccc3Cl)cnc12. The maximum Gasteiger partial charge on any atom is 0.271 e. The lowest BCUT2D eigenvalue weighted by Crippen LogP contribution is -2.20. The zero-order valence-electron chi connectivity index (χ0n) is 10.8. The van der Waals surface area contributed by atoms with Crippen LogP contribution in [0.4, 0.5) is 5.69 Å². The second kappa shape index (κ2) is 4.92. The van der Waals surface area contributed by atoms with Gasteiger partial charge in [-0.1, -0.05) is 11.6 Å². The molecule has 6 heteroatoms. The van der Waals surface area contributed by atoms with Gasteiger partial charge in [-0.3, -0.25) is 9.36 Å². The van der Waals surface area contributed by atoms with Gasteiger partial charge in [0.05, 0.1) is 18.4 Å². The lowest BCUT2D eigenvalue weighted by atomic mass is 10.2. The molecule has 20 heavy (non-hydrogen) atoms. The molecule has 0 saturated heterocycles. The lowest BCUT2D eigenvalue weighted by molar-refractivity contribution is 0.750. The first-order chi connectivity index (χ1) is 9.56. The molecular weight excluding hydrogens is 294 g/mol. The van der Waals surface area contributed by atoms with Gasteiger partial charge in [-0.2, -0.15) is 0 Å². The fourth-order valence-corrected chi connectivity index (χ4v) is 3.20. The molecule has 3 aromatic rings. The summed E-state index contributed by atoms with van der Waals surface area (Å²) < 4.78 is 2.23. The van der Waals surface area contributed by atoms with Gasteiger partial charge in [-0.15, -0.1) is 11.3 Å². The Morgan fingerprint density at radius 3 is 3.05 bits per heavy atom. The molecule has 0 aliphatic rings. The van der Waals surface area contributed by atoms with Crippen molar-refractivity contribution >= 4 is 38.8 Å². The first-order valence-electron chi connectivity index (χ1n) is 6.03. The zero-order chi connectivity index (χ0) is 14.3. The number of hydrogen-bond donors (Lipinski definition) is 1. The predicted molar refractivity (Wildman–Crippen MR) is 83.6 cm³/mol. The Hall–Kier alpha value is -1.85. The third-order valence-corrected chi connectivity index (χ3v) is 4.58. The number of hydrogen-bond acceptors (Lipinski definition) is 4. The minimum Gasteiger partial charge on any atom is -0.399 e. The number of halogens is 1. The molecule has 1 aromatic carbocycles. The Labute approximate surface area is 124 Å². The number of anilines is 1. The normalized spacial score (nSPS) is 11.1. The number of thiophene rings is 1. The monoisotopic (exact) mass is 305 g/mol. The molecule has 102 valence electrons. The largest absolute Gasteiger partial charge is 0.399 e. The maximum atomic E-state index is 12.4. The Kier molecular flexibility index (Phi) is 3.23. The summed E-state index contributed by atoms with van der Waals surface area (Å²) >= 11 is 7.55. The molecule has 0 bridgehead atoms.